The van der Waals surface area contributed by atoms with Crippen molar-refractivity contribution in [2.24, 2.45) is 9.98 Å². The number of urea groups is 2. The Kier molecular flexibility index (Phi) is 15.4. The molecule has 6 N–H and O–H groups in total. The zero-order valence-electron chi connectivity index (χ0n) is 23.3. The van der Waals surface area contributed by atoms with Crippen LogP contribution in [0.5, 0.6) is 0 Å². The number of aliphatic imine (C=N–C) groups is 2. The Morgan fingerprint density at radius 3 is 1.29 bits per heavy atom. The average molecular weight is 606 g/mol. The van der Waals surface area contributed by atoms with Gasteiger partial charge in [-0.05, 0) is 61.4 Å². The highest BCUT2D eigenvalue weighted by molar-refractivity contribution is 6.01. The summed E-state index contributed by atoms with van der Waals surface area (Å²) in [6, 6.07) is 15.1. The summed E-state index contributed by atoms with van der Waals surface area (Å²) >= 11 is 0. The summed E-state index contributed by atoms with van der Waals surface area (Å²) in [6.45, 7) is 4.70. The van der Waals surface area contributed by atoms with Crippen molar-refractivity contribution in [3.8, 4) is 0 Å². The first-order chi connectivity index (χ1) is 19.2. The van der Waals surface area contributed by atoms with E-state index >= 15 is 0 Å². The van der Waals surface area contributed by atoms with E-state index in [0.29, 0.717) is 13.1 Å². The van der Waals surface area contributed by atoms with Crippen molar-refractivity contribution < 1.29 is 9.59 Å². The fourth-order valence-corrected chi connectivity index (χ4v) is 4.49. The van der Waals surface area contributed by atoms with E-state index < -0.39 is 0 Å². The molecule has 4 amide bonds. The van der Waals surface area contributed by atoms with Crippen LogP contribution in [0.1, 0.15) is 56.1 Å². The van der Waals surface area contributed by atoms with Crippen molar-refractivity contribution in [1.29, 1.82) is 0 Å². The van der Waals surface area contributed by atoms with Gasteiger partial charge in [-0.2, -0.15) is 0 Å². The van der Waals surface area contributed by atoms with Crippen LogP contribution in [0.15, 0.2) is 58.5 Å². The van der Waals surface area contributed by atoms with Crippen LogP contribution in [-0.4, -0.2) is 63.0 Å². The minimum atomic E-state index is -0.177. The average Bonchev–Trinajstić information content (AvgIpc) is 3.68. The number of nitrogens with one attached hydrogen (secondary N) is 6. The number of unbranched alkanes of at least 4 members (excludes halogenated alkanes) is 6. The number of rotatable bonds is 14. The monoisotopic (exact) mass is 604 g/mol. The maximum atomic E-state index is 12.1. The minimum Gasteiger partial charge on any atom is -0.368 e. The van der Waals surface area contributed by atoms with E-state index in [9.17, 15) is 9.59 Å². The zero-order chi connectivity index (χ0) is 27.1. The Morgan fingerprint density at radius 1 is 0.585 bits per heavy atom. The molecule has 2 aromatic rings. The predicted molar refractivity (Wildman–Crippen MR) is 173 cm³/mol. The molecular formula is C29H42Cl2N8O2. The lowest BCUT2D eigenvalue weighted by atomic mass is 10.1. The molecule has 10 nitrogen and oxygen atoms in total. The number of nitrogens with zero attached hydrogens (tertiary/aromatic N) is 2. The van der Waals surface area contributed by atoms with Crippen molar-refractivity contribution >= 4 is 59.9 Å². The fraction of sp³-hybridized carbons (Fsp3) is 0.448. The highest BCUT2D eigenvalue weighted by atomic mass is 35.5. The summed E-state index contributed by atoms with van der Waals surface area (Å²) < 4.78 is 0. The summed E-state index contributed by atoms with van der Waals surface area (Å²) in [5.41, 5.74) is 3.60. The Hall–Kier alpha value is -3.50. The van der Waals surface area contributed by atoms with Crippen LogP contribution < -0.4 is 31.9 Å². The van der Waals surface area contributed by atoms with Gasteiger partial charge in [-0.3, -0.25) is 9.98 Å². The molecule has 4 rings (SSSR count). The molecule has 0 atom stereocenters. The molecule has 0 aliphatic carbocycles. The third-order valence-corrected chi connectivity index (χ3v) is 6.61. The molecule has 0 bridgehead atoms. The van der Waals surface area contributed by atoms with E-state index in [-0.39, 0.29) is 36.9 Å². The number of benzene rings is 2. The summed E-state index contributed by atoms with van der Waals surface area (Å²) in [6.07, 6.45) is 7.57. The molecule has 0 saturated heterocycles. The van der Waals surface area contributed by atoms with Gasteiger partial charge in [0.15, 0.2) is 0 Å². The SMILES string of the molecule is Cl.Cl.O=C(NCCCCCCCCCNC(=O)Nc1ccc(C2=NCCN2)cc1)Nc1ccc(C2=NCCN2)cc1. The zero-order valence-corrected chi connectivity index (χ0v) is 25.0. The normalized spacial score (nSPS) is 13.4. The van der Waals surface area contributed by atoms with E-state index in [1.54, 1.807) is 0 Å². The molecule has 2 aliphatic rings. The molecule has 2 aromatic carbocycles. The van der Waals surface area contributed by atoms with Gasteiger partial charge in [-0.15, -0.1) is 24.8 Å². The summed E-state index contributed by atoms with van der Waals surface area (Å²) in [7, 11) is 0. The first kappa shape index (κ1) is 33.7. The molecule has 0 radical (unpaired) electrons. The van der Waals surface area contributed by atoms with Crippen LogP contribution in [0.4, 0.5) is 21.0 Å². The molecule has 2 heterocycles. The second-order valence-corrected chi connectivity index (χ2v) is 9.71. The van der Waals surface area contributed by atoms with Crippen LogP contribution in [0.25, 0.3) is 0 Å². The minimum absolute atomic E-state index is 0. The second kappa shape index (κ2) is 18.8. The third kappa shape index (κ3) is 11.9. The lowest BCUT2D eigenvalue weighted by Gasteiger charge is -2.09. The number of carbonyl (C=O) groups excluding carboxylic acids is 2. The van der Waals surface area contributed by atoms with Crippen LogP contribution in [0.2, 0.25) is 0 Å². The summed E-state index contributed by atoms with van der Waals surface area (Å²) in [4.78, 5) is 33.0. The van der Waals surface area contributed by atoms with E-state index in [1.807, 2.05) is 48.5 Å². The van der Waals surface area contributed by atoms with Crippen molar-refractivity contribution in [3.05, 3.63) is 59.7 Å². The van der Waals surface area contributed by atoms with Crippen molar-refractivity contribution in [2.75, 3.05) is 49.9 Å². The molecule has 12 heteroatoms. The molecule has 224 valence electrons. The maximum Gasteiger partial charge on any atom is 0.319 e. The molecule has 41 heavy (non-hydrogen) atoms. The Bertz CT molecular complexity index is 1050. The molecule has 0 fully saturated rings. The number of hydrogen-bond donors (Lipinski definition) is 6. The highest BCUT2D eigenvalue weighted by Gasteiger charge is 2.09. The largest absolute Gasteiger partial charge is 0.368 e. The number of carbonyl (C=O) groups is 2. The van der Waals surface area contributed by atoms with Gasteiger partial charge in [0, 0.05) is 48.7 Å². The lowest BCUT2D eigenvalue weighted by Crippen LogP contribution is -2.29. The summed E-state index contributed by atoms with van der Waals surface area (Å²) in [5, 5.41) is 18.1. The molecule has 0 aromatic heterocycles. The number of hydrogen-bond acceptors (Lipinski definition) is 6. The quantitative estimate of drug-likeness (QED) is 0.171. The fourth-order valence-electron chi connectivity index (χ4n) is 4.49. The number of amidine groups is 2. The Morgan fingerprint density at radius 2 is 0.951 bits per heavy atom. The molecule has 0 spiro atoms. The van der Waals surface area contributed by atoms with E-state index in [1.165, 1.54) is 0 Å². The molecule has 0 saturated carbocycles. The Labute approximate surface area is 254 Å². The van der Waals surface area contributed by atoms with Gasteiger partial charge < -0.3 is 31.9 Å². The third-order valence-electron chi connectivity index (χ3n) is 6.61. The van der Waals surface area contributed by atoms with Crippen molar-refractivity contribution in [1.82, 2.24) is 21.3 Å². The first-order valence-electron chi connectivity index (χ1n) is 14.0. The van der Waals surface area contributed by atoms with Gasteiger partial charge in [-0.1, -0.05) is 32.1 Å². The van der Waals surface area contributed by atoms with Gasteiger partial charge in [0.05, 0.1) is 13.1 Å². The van der Waals surface area contributed by atoms with Crippen LogP contribution >= 0.6 is 24.8 Å². The lowest BCUT2D eigenvalue weighted by molar-refractivity contribution is 0.251. The number of amides is 4. The maximum absolute atomic E-state index is 12.1. The standard InChI is InChI=1S/C29H40N8O2.2ClH/c38-28(36-24-12-8-22(9-13-24)26-30-18-19-31-26)34-16-6-4-2-1-3-5-7-17-35-29(39)37-25-14-10-23(11-15-25)27-32-20-21-33-27;;/h8-15H,1-7,16-21H2,(H,30,31)(H,32,33)(H2,34,36,38)(H2,35,37,39);2*1H. The van der Waals surface area contributed by atoms with Crippen molar-refractivity contribution in [2.45, 2.75) is 44.9 Å². The van der Waals surface area contributed by atoms with E-state index in [2.05, 4.69) is 41.9 Å². The number of halogens is 2. The smallest absolute Gasteiger partial charge is 0.319 e. The predicted octanol–water partition coefficient (Wildman–Crippen LogP) is 4.90. The van der Waals surface area contributed by atoms with Crippen LogP contribution in [0, 0.1) is 0 Å². The van der Waals surface area contributed by atoms with Crippen LogP contribution in [-0.2, 0) is 0 Å². The summed E-state index contributed by atoms with van der Waals surface area (Å²) in [5.74, 6) is 1.83. The van der Waals surface area contributed by atoms with Gasteiger partial charge in [0.2, 0.25) is 0 Å². The molecular weight excluding hydrogens is 563 g/mol. The van der Waals surface area contributed by atoms with Gasteiger partial charge in [0.25, 0.3) is 0 Å². The molecule has 2 aliphatic heterocycles. The van der Waals surface area contributed by atoms with Gasteiger partial charge in [-0.25, -0.2) is 9.59 Å². The van der Waals surface area contributed by atoms with Crippen molar-refractivity contribution in [3.63, 3.8) is 0 Å². The van der Waals surface area contributed by atoms with Crippen LogP contribution in [0.3, 0.4) is 0 Å². The van der Waals surface area contributed by atoms with Gasteiger partial charge in [0.1, 0.15) is 11.7 Å². The topological polar surface area (TPSA) is 131 Å². The van der Waals surface area contributed by atoms with Gasteiger partial charge >= 0.3 is 12.1 Å². The van der Waals surface area contributed by atoms with E-state index in [4.69, 9.17) is 0 Å². The van der Waals surface area contributed by atoms with E-state index in [0.717, 1.165) is 105 Å². The second-order valence-electron chi connectivity index (χ2n) is 9.71. The number of anilines is 2. The highest BCUT2D eigenvalue weighted by Crippen LogP contribution is 2.12. The first-order valence-corrected chi connectivity index (χ1v) is 14.0. The Balaban J connectivity index is 0.00000294. The molecule has 0 unspecified atom stereocenters.